The Labute approximate surface area is 171 Å². The number of anilines is 1. The molecule has 148 valence electrons. The maximum absolute atomic E-state index is 12.7. The second-order valence-electron chi connectivity index (χ2n) is 8.02. The molecule has 0 aliphatic carbocycles. The topological polar surface area (TPSA) is 61.4 Å². The Balaban J connectivity index is 1.76. The second kappa shape index (κ2) is 8.33. The molecule has 1 aliphatic rings. The lowest BCUT2D eigenvalue weighted by molar-refractivity contribution is 0.0735. The average molecular weight is 400 g/mol. The number of carbonyl (C=O) groups is 2. The van der Waals surface area contributed by atoms with E-state index < -0.39 is 0 Å². The molecule has 2 aromatic rings. The molecule has 2 amide bonds. The van der Waals surface area contributed by atoms with E-state index in [0.29, 0.717) is 34.9 Å². The highest BCUT2D eigenvalue weighted by Crippen LogP contribution is 2.26. The summed E-state index contributed by atoms with van der Waals surface area (Å²) in [5.74, 6) is -0.308. The fourth-order valence-corrected chi connectivity index (χ4v) is 3.29. The zero-order valence-electron chi connectivity index (χ0n) is 16.5. The van der Waals surface area contributed by atoms with Crippen molar-refractivity contribution in [3.8, 4) is 0 Å². The van der Waals surface area contributed by atoms with Crippen molar-refractivity contribution in [3.05, 3.63) is 64.2 Å². The molecule has 0 saturated carbocycles. The van der Waals surface area contributed by atoms with Crippen LogP contribution in [0, 0.1) is 0 Å². The third-order valence-corrected chi connectivity index (χ3v) is 5.21. The molecule has 0 bridgehead atoms. The van der Waals surface area contributed by atoms with Gasteiger partial charge in [-0.25, -0.2) is 0 Å². The molecule has 3 rings (SSSR count). The molecule has 0 radical (unpaired) electrons. The van der Waals surface area contributed by atoms with Gasteiger partial charge in [-0.05, 0) is 41.3 Å². The second-order valence-corrected chi connectivity index (χ2v) is 8.43. The number of amides is 2. The van der Waals surface area contributed by atoms with Crippen molar-refractivity contribution in [1.82, 2.24) is 10.2 Å². The molecule has 2 aromatic carbocycles. The molecule has 6 heteroatoms. The molecule has 1 heterocycles. The van der Waals surface area contributed by atoms with E-state index in [-0.39, 0.29) is 17.2 Å². The van der Waals surface area contributed by atoms with Gasteiger partial charge in [-0.2, -0.15) is 0 Å². The van der Waals surface area contributed by atoms with Gasteiger partial charge in [0.1, 0.15) is 0 Å². The summed E-state index contributed by atoms with van der Waals surface area (Å²) < 4.78 is 0. The van der Waals surface area contributed by atoms with Crippen LogP contribution in [0.5, 0.6) is 0 Å². The number of nitrogens with zero attached hydrogens (tertiary/aromatic N) is 1. The number of benzene rings is 2. The number of hydrogen-bond acceptors (Lipinski definition) is 3. The fourth-order valence-electron chi connectivity index (χ4n) is 3.12. The van der Waals surface area contributed by atoms with Crippen molar-refractivity contribution in [2.75, 3.05) is 31.5 Å². The minimum atomic E-state index is -0.255. The Kier molecular flexibility index (Phi) is 6.06. The standard InChI is InChI=1S/C22H26ClN3O2/c1-22(2,3)17-7-4-15(5-8-17)20(27)25-19-14-16(6-9-18(19)23)21(28)26-12-10-24-11-13-26/h4-9,14,24H,10-13H2,1-3H3,(H,25,27). The molecule has 1 aliphatic heterocycles. The Morgan fingerprint density at radius 2 is 1.61 bits per heavy atom. The van der Waals surface area contributed by atoms with Gasteiger partial charge >= 0.3 is 0 Å². The summed E-state index contributed by atoms with van der Waals surface area (Å²) in [5.41, 5.74) is 2.68. The molecule has 0 spiro atoms. The van der Waals surface area contributed by atoms with Gasteiger partial charge in [0.05, 0.1) is 10.7 Å². The highest BCUT2D eigenvalue weighted by Gasteiger charge is 2.20. The SMILES string of the molecule is CC(C)(C)c1ccc(C(=O)Nc2cc(C(=O)N3CCNCC3)ccc2Cl)cc1. The predicted octanol–water partition coefficient (Wildman–Crippen LogP) is 3.94. The maximum atomic E-state index is 12.7. The summed E-state index contributed by atoms with van der Waals surface area (Å²) in [5, 5.41) is 6.46. The molecule has 0 aromatic heterocycles. The number of halogens is 1. The van der Waals surface area contributed by atoms with Gasteiger partial charge < -0.3 is 15.5 Å². The molecule has 5 nitrogen and oxygen atoms in total. The maximum Gasteiger partial charge on any atom is 0.255 e. The van der Waals surface area contributed by atoms with Crippen LogP contribution in [0.3, 0.4) is 0 Å². The smallest absolute Gasteiger partial charge is 0.255 e. The quantitative estimate of drug-likeness (QED) is 0.821. The van der Waals surface area contributed by atoms with Crippen molar-refractivity contribution in [1.29, 1.82) is 0 Å². The number of nitrogens with one attached hydrogen (secondary N) is 2. The molecule has 0 unspecified atom stereocenters. The molecular weight excluding hydrogens is 374 g/mol. The van der Waals surface area contributed by atoms with Crippen LogP contribution < -0.4 is 10.6 Å². The van der Waals surface area contributed by atoms with Gasteiger partial charge in [-0.3, -0.25) is 9.59 Å². The lowest BCUT2D eigenvalue weighted by atomic mass is 9.87. The molecule has 2 N–H and O–H groups in total. The predicted molar refractivity (Wildman–Crippen MR) is 113 cm³/mol. The van der Waals surface area contributed by atoms with Crippen molar-refractivity contribution in [2.45, 2.75) is 26.2 Å². The van der Waals surface area contributed by atoms with Crippen molar-refractivity contribution in [2.24, 2.45) is 0 Å². The summed E-state index contributed by atoms with van der Waals surface area (Å²) >= 11 is 6.25. The Hall–Kier alpha value is -2.37. The van der Waals surface area contributed by atoms with Crippen molar-refractivity contribution < 1.29 is 9.59 Å². The Morgan fingerprint density at radius 3 is 2.21 bits per heavy atom. The van der Waals surface area contributed by atoms with E-state index >= 15 is 0 Å². The van der Waals surface area contributed by atoms with E-state index in [1.165, 1.54) is 0 Å². The first-order chi connectivity index (χ1) is 13.3. The molecule has 1 saturated heterocycles. The van der Waals surface area contributed by atoms with E-state index in [0.717, 1.165) is 18.7 Å². The monoisotopic (exact) mass is 399 g/mol. The van der Waals surface area contributed by atoms with E-state index in [4.69, 9.17) is 11.6 Å². The highest BCUT2D eigenvalue weighted by molar-refractivity contribution is 6.34. The molecule has 28 heavy (non-hydrogen) atoms. The first kappa shape index (κ1) is 20.4. The van der Waals surface area contributed by atoms with Gasteiger partial charge in [-0.15, -0.1) is 0 Å². The third kappa shape index (κ3) is 4.72. The zero-order valence-corrected chi connectivity index (χ0v) is 17.3. The number of hydrogen-bond donors (Lipinski definition) is 2. The van der Waals surface area contributed by atoms with E-state index in [9.17, 15) is 9.59 Å². The van der Waals surface area contributed by atoms with E-state index in [2.05, 4.69) is 31.4 Å². The first-order valence-corrected chi connectivity index (χ1v) is 9.85. The van der Waals surface area contributed by atoms with Gasteiger partial charge in [-0.1, -0.05) is 44.5 Å². The number of carbonyl (C=O) groups excluding carboxylic acids is 2. The van der Waals surface area contributed by atoms with Gasteiger partial charge in [0.2, 0.25) is 0 Å². The summed E-state index contributed by atoms with van der Waals surface area (Å²) in [6, 6.07) is 12.5. The summed E-state index contributed by atoms with van der Waals surface area (Å²) in [6.07, 6.45) is 0. The van der Waals surface area contributed by atoms with Gasteiger partial charge in [0.15, 0.2) is 0 Å². The van der Waals surface area contributed by atoms with Crippen LogP contribution >= 0.6 is 11.6 Å². The molecular formula is C22H26ClN3O2. The average Bonchev–Trinajstić information content (AvgIpc) is 2.69. The first-order valence-electron chi connectivity index (χ1n) is 9.47. The number of rotatable bonds is 3. The Bertz CT molecular complexity index is 866. The van der Waals surface area contributed by atoms with E-state index in [1.807, 2.05) is 12.1 Å². The summed E-state index contributed by atoms with van der Waals surface area (Å²) in [4.78, 5) is 27.1. The normalized spacial score (nSPS) is 14.6. The minimum absolute atomic E-state index is 0.0248. The van der Waals surface area contributed by atoms with Gasteiger partial charge in [0.25, 0.3) is 11.8 Å². The largest absolute Gasteiger partial charge is 0.336 e. The summed E-state index contributed by atoms with van der Waals surface area (Å²) in [6.45, 7) is 9.29. The number of piperazine rings is 1. The summed E-state index contributed by atoms with van der Waals surface area (Å²) in [7, 11) is 0. The van der Waals surface area contributed by atoms with E-state index in [1.54, 1.807) is 35.2 Å². The minimum Gasteiger partial charge on any atom is -0.336 e. The van der Waals surface area contributed by atoms with Crippen LogP contribution in [0.15, 0.2) is 42.5 Å². The highest BCUT2D eigenvalue weighted by atomic mass is 35.5. The van der Waals surface area contributed by atoms with Crippen LogP contribution in [-0.4, -0.2) is 42.9 Å². The van der Waals surface area contributed by atoms with Gasteiger partial charge in [0, 0.05) is 37.3 Å². The third-order valence-electron chi connectivity index (χ3n) is 4.88. The van der Waals surface area contributed by atoms with Crippen LogP contribution in [0.2, 0.25) is 5.02 Å². The van der Waals surface area contributed by atoms with Crippen molar-refractivity contribution in [3.63, 3.8) is 0 Å². The van der Waals surface area contributed by atoms with Crippen LogP contribution in [-0.2, 0) is 5.41 Å². The molecule has 0 atom stereocenters. The van der Waals surface area contributed by atoms with Crippen LogP contribution in [0.1, 0.15) is 47.1 Å². The Morgan fingerprint density at radius 1 is 1.00 bits per heavy atom. The zero-order chi connectivity index (χ0) is 20.3. The molecule has 1 fully saturated rings. The lowest BCUT2D eigenvalue weighted by Crippen LogP contribution is -2.46. The fraction of sp³-hybridized carbons (Fsp3) is 0.364. The van der Waals surface area contributed by atoms with Crippen molar-refractivity contribution >= 4 is 29.1 Å². The van der Waals surface area contributed by atoms with Crippen LogP contribution in [0.25, 0.3) is 0 Å². The van der Waals surface area contributed by atoms with Crippen LogP contribution in [0.4, 0.5) is 5.69 Å². The lowest BCUT2D eigenvalue weighted by Gasteiger charge is -2.27.